The maximum absolute atomic E-state index is 5.78. The van der Waals surface area contributed by atoms with Gasteiger partial charge in [-0.05, 0) is 36.3 Å². The molecule has 2 heteroatoms. The minimum absolute atomic E-state index is 0.665. The summed E-state index contributed by atoms with van der Waals surface area (Å²) in [6.45, 7) is 3.08. The van der Waals surface area contributed by atoms with Crippen LogP contribution in [0, 0.1) is 5.92 Å². The van der Waals surface area contributed by atoms with E-state index in [0.29, 0.717) is 6.54 Å². The fraction of sp³-hybridized carbons (Fsp3) is 0.571. The Bertz CT molecular complexity index is 375. The van der Waals surface area contributed by atoms with Crippen LogP contribution in [0.4, 0.5) is 0 Å². The molecule has 16 heavy (non-hydrogen) atoms. The summed E-state index contributed by atoms with van der Waals surface area (Å²) in [6, 6.07) is 9.46. The molecule has 1 aliphatic carbocycles. The van der Waals surface area contributed by atoms with E-state index >= 15 is 0 Å². The van der Waals surface area contributed by atoms with E-state index in [1.165, 1.54) is 36.9 Å². The number of benzene rings is 1. The van der Waals surface area contributed by atoms with Crippen molar-refractivity contribution < 1.29 is 0 Å². The number of likely N-dealkylation sites (tertiary alicyclic amines) is 1. The molecule has 1 aliphatic heterocycles. The Morgan fingerprint density at radius 1 is 1.19 bits per heavy atom. The number of hydrogen-bond donors (Lipinski definition) is 1. The number of nitrogens with two attached hydrogens (primary N) is 1. The molecule has 2 fully saturated rings. The first kappa shape index (κ1) is 10.3. The summed E-state index contributed by atoms with van der Waals surface area (Å²) in [5.41, 5.74) is 8.52. The van der Waals surface area contributed by atoms with E-state index in [9.17, 15) is 0 Å². The molecule has 0 aromatic heterocycles. The van der Waals surface area contributed by atoms with Crippen LogP contribution >= 0.6 is 0 Å². The van der Waals surface area contributed by atoms with Crippen molar-refractivity contribution in [3.05, 3.63) is 35.4 Å². The van der Waals surface area contributed by atoms with E-state index in [4.69, 9.17) is 5.73 Å². The van der Waals surface area contributed by atoms with Crippen LogP contribution < -0.4 is 5.73 Å². The fourth-order valence-electron chi connectivity index (χ4n) is 3.35. The third-order valence-electron chi connectivity index (χ3n) is 4.23. The molecular weight excluding hydrogens is 196 g/mol. The van der Waals surface area contributed by atoms with Crippen LogP contribution in [0.3, 0.4) is 0 Å². The van der Waals surface area contributed by atoms with Crippen molar-refractivity contribution in [2.24, 2.45) is 11.7 Å². The molecule has 2 nitrogen and oxygen atoms in total. The second-order valence-corrected chi connectivity index (χ2v) is 5.24. The monoisotopic (exact) mass is 216 g/mol. The molecule has 0 spiro atoms. The predicted molar refractivity (Wildman–Crippen MR) is 65.9 cm³/mol. The minimum Gasteiger partial charge on any atom is -0.326 e. The van der Waals surface area contributed by atoms with E-state index in [2.05, 4.69) is 29.2 Å². The van der Waals surface area contributed by atoms with Crippen molar-refractivity contribution in [2.75, 3.05) is 6.54 Å². The summed E-state index contributed by atoms with van der Waals surface area (Å²) in [6.07, 6.45) is 4.31. The lowest BCUT2D eigenvalue weighted by atomic mass is 10.1. The molecule has 1 aromatic rings. The Balaban J connectivity index is 1.74. The lowest BCUT2D eigenvalue weighted by Gasteiger charge is -2.27. The number of piperidine rings is 1. The summed E-state index contributed by atoms with van der Waals surface area (Å²) < 4.78 is 0. The number of fused-ring (bicyclic) bond motifs is 2. The SMILES string of the molecule is NCc1ccccc1CN1CC2CCC1C2. The molecule has 1 saturated heterocycles. The third kappa shape index (κ3) is 1.76. The van der Waals surface area contributed by atoms with E-state index < -0.39 is 0 Å². The van der Waals surface area contributed by atoms with E-state index in [-0.39, 0.29) is 0 Å². The van der Waals surface area contributed by atoms with Crippen molar-refractivity contribution in [3.63, 3.8) is 0 Å². The summed E-state index contributed by atoms with van der Waals surface area (Å²) in [5, 5.41) is 0. The van der Waals surface area contributed by atoms with Gasteiger partial charge in [0.25, 0.3) is 0 Å². The molecule has 0 amide bonds. The lowest BCUT2D eigenvalue weighted by molar-refractivity contribution is 0.205. The van der Waals surface area contributed by atoms with Gasteiger partial charge in [-0.15, -0.1) is 0 Å². The van der Waals surface area contributed by atoms with E-state index in [1.54, 1.807) is 0 Å². The number of rotatable bonds is 3. The Morgan fingerprint density at radius 2 is 2.00 bits per heavy atom. The highest BCUT2D eigenvalue weighted by Crippen LogP contribution is 2.38. The molecule has 1 aromatic carbocycles. The first-order valence-corrected chi connectivity index (χ1v) is 6.37. The van der Waals surface area contributed by atoms with Crippen LogP contribution in [0.1, 0.15) is 30.4 Å². The number of nitrogens with zero attached hydrogens (tertiary/aromatic N) is 1. The molecule has 3 rings (SSSR count). The normalized spacial score (nSPS) is 28.8. The molecule has 2 bridgehead atoms. The molecular formula is C14H20N2. The third-order valence-corrected chi connectivity index (χ3v) is 4.23. The van der Waals surface area contributed by atoms with Gasteiger partial charge in [0.05, 0.1) is 0 Å². The Labute approximate surface area is 97.4 Å². The predicted octanol–water partition coefficient (Wildman–Crippen LogP) is 2.13. The van der Waals surface area contributed by atoms with E-state index in [0.717, 1.165) is 18.5 Å². The van der Waals surface area contributed by atoms with Gasteiger partial charge in [0.15, 0.2) is 0 Å². The summed E-state index contributed by atoms with van der Waals surface area (Å²) in [5.74, 6) is 0.982. The highest BCUT2D eigenvalue weighted by atomic mass is 15.2. The van der Waals surface area contributed by atoms with E-state index in [1.807, 2.05) is 0 Å². The van der Waals surface area contributed by atoms with Crippen LogP contribution in [-0.2, 0) is 13.1 Å². The summed E-state index contributed by atoms with van der Waals surface area (Å²) >= 11 is 0. The van der Waals surface area contributed by atoms with Gasteiger partial charge in [0.1, 0.15) is 0 Å². The van der Waals surface area contributed by atoms with Crippen LogP contribution in [0.2, 0.25) is 0 Å². The van der Waals surface area contributed by atoms with Gasteiger partial charge in [-0.2, -0.15) is 0 Å². The van der Waals surface area contributed by atoms with Crippen LogP contribution in [-0.4, -0.2) is 17.5 Å². The van der Waals surface area contributed by atoms with Crippen LogP contribution in [0.25, 0.3) is 0 Å². The lowest BCUT2D eigenvalue weighted by Crippen LogP contribution is -2.31. The molecule has 1 heterocycles. The standard InChI is InChI=1S/C14H20N2/c15-8-12-3-1-2-4-13(12)10-16-9-11-5-6-14(16)7-11/h1-4,11,14H,5-10,15H2. The highest BCUT2D eigenvalue weighted by Gasteiger charge is 2.37. The zero-order valence-corrected chi connectivity index (χ0v) is 9.73. The maximum atomic E-state index is 5.78. The zero-order valence-electron chi connectivity index (χ0n) is 9.73. The van der Waals surface area contributed by atoms with Crippen molar-refractivity contribution in [2.45, 2.75) is 38.4 Å². The van der Waals surface area contributed by atoms with Crippen LogP contribution in [0.15, 0.2) is 24.3 Å². The highest BCUT2D eigenvalue weighted by molar-refractivity contribution is 5.27. The topological polar surface area (TPSA) is 29.3 Å². The molecule has 0 radical (unpaired) electrons. The van der Waals surface area contributed by atoms with Crippen molar-refractivity contribution in [3.8, 4) is 0 Å². The average molecular weight is 216 g/mol. The van der Waals surface area contributed by atoms with Crippen LogP contribution in [0.5, 0.6) is 0 Å². The van der Waals surface area contributed by atoms with Gasteiger partial charge in [-0.3, -0.25) is 4.90 Å². The first-order valence-electron chi connectivity index (χ1n) is 6.37. The van der Waals surface area contributed by atoms with Crippen molar-refractivity contribution >= 4 is 0 Å². The number of hydrogen-bond acceptors (Lipinski definition) is 2. The quantitative estimate of drug-likeness (QED) is 0.838. The molecule has 2 aliphatic rings. The molecule has 86 valence electrons. The summed E-state index contributed by atoms with van der Waals surface area (Å²) in [7, 11) is 0. The Kier molecular flexibility index (Phi) is 2.70. The average Bonchev–Trinajstić information content (AvgIpc) is 2.92. The summed E-state index contributed by atoms with van der Waals surface area (Å²) in [4.78, 5) is 2.66. The molecule has 2 N–H and O–H groups in total. The first-order chi connectivity index (χ1) is 7.86. The molecule has 2 unspecified atom stereocenters. The zero-order chi connectivity index (χ0) is 11.0. The largest absolute Gasteiger partial charge is 0.326 e. The van der Waals surface area contributed by atoms with Crippen molar-refractivity contribution in [1.29, 1.82) is 0 Å². The molecule has 1 saturated carbocycles. The van der Waals surface area contributed by atoms with Crippen molar-refractivity contribution in [1.82, 2.24) is 4.90 Å². The smallest absolute Gasteiger partial charge is 0.0240 e. The van der Waals surface area contributed by atoms with Gasteiger partial charge < -0.3 is 5.73 Å². The fourth-order valence-corrected chi connectivity index (χ4v) is 3.35. The minimum atomic E-state index is 0.665. The molecule has 2 atom stereocenters. The van der Waals surface area contributed by atoms with Gasteiger partial charge in [0, 0.05) is 25.7 Å². The second-order valence-electron chi connectivity index (χ2n) is 5.24. The van der Waals surface area contributed by atoms with Gasteiger partial charge in [-0.1, -0.05) is 24.3 Å². The van der Waals surface area contributed by atoms with Gasteiger partial charge >= 0.3 is 0 Å². The second kappa shape index (κ2) is 4.19. The Morgan fingerprint density at radius 3 is 2.62 bits per heavy atom. The Hall–Kier alpha value is -0.860. The van der Waals surface area contributed by atoms with Gasteiger partial charge in [-0.25, -0.2) is 0 Å². The maximum Gasteiger partial charge on any atom is 0.0240 e. The van der Waals surface area contributed by atoms with Gasteiger partial charge in [0.2, 0.25) is 0 Å².